The number of hydrogen-bond acceptors (Lipinski definition) is 2. The van der Waals surface area contributed by atoms with Gasteiger partial charge in [0.15, 0.2) is 0 Å². The Bertz CT molecular complexity index is 632. The minimum absolute atomic E-state index is 0.0426. The van der Waals surface area contributed by atoms with Gasteiger partial charge in [-0.1, -0.05) is 30.7 Å². The van der Waals surface area contributed by atoms with Crippen molar-refractivity contribution in [1.29, 1.82) is 5.26 Å². The van der Waals surface area contributed by atoms with Gasteiger partial charge in [0.25, 0.3) is 0 Å². The van der Waals surface area contributed by atoms with E-state index in [0.29, 0.717) is 5.02 Å². The van der Waals surface area contributed by atoms with E-state index >= 15 is 0 Å². The fourth-order valence-corrected chi connectivity index (χ4v) is 2.14. The van der Waals surface area contributed by atoms with Gasteiger partial charge in [-0.3, -0.25) is 0 Å². The van der Waals surface area contributed by atoms with Crippen LogP contribution in [0.3, 0.4) is 0 Å². The molecular formula is C16H14ClFN2. The zero-order valence-electron chi connectivity index (χ0n) is 11.0. The van der Waals surface area contributed by atoms with Crippen molar-refractivity contribution in [3.63, 3.8) is 0 Å². The number of benzene rings is 2. The second-order valence-electron chi connectivity index (χ2n) is 4.46. The fraction of sp³-hybridized carbons (Fsp3) is 0.188. The van der Waals surface area contributed by atoms with Crippen LogP contribution in [0, 0.1) is 17.1 Å². The van der Waals surface area contributed by atoms with Crippen molar-refractivity contribution in [3.05, 3.63) is 64.4 Å². The van der Waals surface area contributed by atoms with E-state index < -0.39 is 5.82 Å². The highest BCUT2D eigenvalue weighted by atomic mass is 35.5. The first-order valence-electron chi connectivity index (χ1n) is 6.35. The van der Waals surface area contributed by atoms with E-state index in [-0.39, 0.29) is 11.6 Å². The molecule has 0 amide bonds. The monoisotopic (exact) mass is 288 g/mol. The van der Waals surface area contributed by atoms with Crippen LogP contribution in [0.25, 0.3) is 0 Å². The summed E-state index contributed by atoms with van der Waals surface area (Å²) in [5.74, 6) is -0.502. The van der Waals surface area contributed by atoms with Crippen molar-refractivity contribution < 1.29 is 4.39 Å². The molecule has 2 aromatic carbocycles. The van der Waals surface area contributed by atoms with Gasteiger partial charge in [-0.2, -0.15) is 5.26 Å². The summed E-state index contributed by atoms with van der Waals surface area (Å²) in [4.78, 5) is 0. The number of halogens is 2. The summed E-state index contributed by atoms with van der Waals surface area (Å²) in [6.07, 6.45) is 0.862. The predicted molar refractivity (Wildman–Crippen MR) is 79.2 cm³/mol. The van der Waals surface area contributed by atoms with Gasteiger partial charge in [-0.05, 0) is 42.3 Å². The maximum atomic E-state index is 13.3. The molecule has 0 radical (unpaired) electrons. The Hall–Kier alpha value is -2.05. The van der Waals surface area contributed by atoms with Crippen molar-refractivity contribution in [2.45, 2.75) is 19.4 Å². The fourth-order valence-electron chi connectivity index (χ4n) is 2.02. The van der Waals surface area contributed by atoms with Crippen molar-refractivity contribution in [2.75, 3.05) is 5.32 Å². The first-order chi connectivity index (χ1) is 9.63. The molecule has 1 unspecified atom stereocenters. The molecule has 20 heavy (non-hydrogen) atoms. The molecule has 1 N–H and O–H groups in total. The number of rotatable bonds is 4. The van der Waals surface area contributed by atoms with Gasteiger partial charge in [0, 0.05) is 10.7 Å². The maximum absolute atomic E-state index is 13.3. The molecule has 0 fully saturated rings. The summed E-state index contributed by atoms with van der Waals surface area (Å²) in [6.45, 7) is 2.06. The van der Waals surface area contributed by atoms with E-state index in [2.05, 4.69) is 12.2 Å². The lowest BCUT2D eigenvalue weighted by Gasteiger charge is -2.19. The van der Waals surface area contributed by atoms with Crippen LogP contribution in [0.5, 0.6) is 0 Å². The van der Waals surface area contributed by atoms with E-state index in [0.717, 1.165) is 17.7 Å². The highest BCUT2D eigenvalue weighted by Crippen LogP contribution is 2.25. The number of anilines is 1. The molecular weight excluding hydrogens is 275 g/mol. The Balaban J connectivity index is 2.22. The van der Waals surface area contributed by atoms with Gasteiger partial charge in [0.05, 0.1) is 11.6 Å². The maximum Gasteiger partial charge on any atom is 0.141 e. The molecule has 0 saturated carbocycles. The largest absolute Gasteiger partial charge is 0.378 e. The molecule has 0 spiro atoms. The van der Waals surface area contributed by atoms with Crippen LogP contribution >= 0.6 is 11.6 Å². The zero-order valence-corrected chi connectivity index (χ0v) is 11.8. The van der Waals surface area contributed by atoms with E-state index in [1.54, 1.807) is 6.07 Å². The first-order valence-corrected chi connectivity index (χ1v) is 6.73. The number of nitrogens with one attached hydrogen (secondary N) is 1. The molecule has 2 rings (SSSR count). The second-order valence-corrected chi connectivity index (χ2v) is 4.90. The highest BCUT2D eigenvalue weighted by Gasteiger charge is 2.10. The number of hydrogen-bond donors (Lipinski definition) is 1. The molecule has 0 aromatic heterocycles. The lowest BCUT2D eigenvalue weighted by Crippen LogP contribution is -2.09. The Labute approximate surface area is 122 Å². The molecule has 0 saturated heterocycles. The van der Waals surface area contributed by atoms with Gasteiger partial charge in [0.2, 0.25) is 0 Å². The van der Waals surface area contributed by atoms with Crippen LogP contribution in [-0.4, -0.2) is 0 Å². The molecule has 0 aliphatic carbocycles. The van der Waals surface area contributed by atoms with Crippen LogP contribution in [0.4, 0.5) is 10.1 Å². The Kier molecular flexibility index (Phi) is 4.60. The van der Waals surface area contributed by atoms with Crippen LogP contribution in [0.15, 0.2) is 42.5 Å². The highest BCUT2D eigenvalue weighted by molar-refractivity contribution is 6.30. The van der Waals surface area contributed by atoms with Crippen molar-refractivity contribution >= 4 is 17.3 Å². The van der Waals surface area contributed by atoms with E-state index in [4.69, 9.17) is 16.9 Å². The normalized spacial score (nSPS) is 11.7. The molecule has 0 heterocycles. The summed E-state index contributed by atoms with van der Waals surface area (Å²) in [6, 6.07) is 14.0. The zero-order chi connectivity index (χ0) is 14.5. The lowest BCUT2D eigenvalue weighted by molar-refractivity contribution is 0.624. The van der Waals surface area contributed by atoms with Crippen LogP contribution in [0.1, 0.15) is 30.5 Å². The Morgan fingerprint density at radius 3 is 2.55 bits per heavy atom. The third-order valence-electron chi connectivity index (χ3n) is 3.11. The molecule has 102 valence electrons. The quantitative estimate of drug-likeness (QED) is 0.867. The average molecular weight is 289 g/mol. The van der Waals surface area contributed by atoms with Crippen molar-refractivity contribution in [1.82, 2.24) is 0 Å². The Morgan fingerprint density at radius 1 is 1.25 bits per heavy atom. The van der Waals surface area contributed by atoms with E-state index in [9.17, 15) is 4.39 Å². The van der Waals surface area contributed by atoms with E-state index in [1.165, 1.54) is 12.1 Å². The topological polar surface area (TPSA) is 35.8 Å². The smallest absolute Gasteiger partial charge is 0.141 e. The van der Waals surface area contributed by atoms with Gasteiger partial charge in [0.1, 0.15) is 11.9 Å². The van der Waals surface area contributed by atoms with Gasteiger partial charge in [-0.15, -0.1) is 0 Å². The molecule has 2 nitrogen and oxygen atoms in total. The summed E-state index contributed by atoms with van der Waals surface area (Å²) >= 11 is 5.88. The molecule has 2 aromatic rings. The number of nitriles is 1. The second kappa shape index (κ2) is 6.40. The van der Waals surface area contributed by atoms with Crippen molar-refractivity contribution in [2.24, 2.45) is 0 Å². The summed E-state index contributed by atoms with van der Waals surface area (Å²) < 4.78 is 13.3. The van der Waals surface area contributed by atoms with Crippen LogP contribution < -0.4 is 5.32 Å². The molecule has 0 bridgehead atoms. The van der Waals surface area contributed by atoms with Gasteiger partial charge in [-0.25, -0.2) is 4.39 Å². The van der Waals surface area contributed by atoms with E-state index in [1.807, 2.05) is 30.3 Å². The number of nitrogens with zero attached hydrogens (tertiary/aromatic N) is 1. The van der Waals surface area contributed by atoms with Gasteiger partial charge >= 0.3 is 0 Å². The Morgan fingerprint density at radius 2 is 1.95 bits per heavy atom. The first kappa shape index (κ1) is 14.4. The molecule has 1 atom stereocenters. The molecule has 0 aliphatic rings. The lowest BCUT2D eigenvalue weighted by atomic mass is 10.0. The third-order valence-corrected chi connectivity index (χ3v) is 3.36. The minimum Gasteiger partial charge on any atom is -0.378 e. The predicted octanol–water partition coefficient (Wildman–Crippen LogP) is 4.91. The van der Waals surface area contributed by atoms with Crippen molar-refractivity contribution in [3.8, 4) is 6.07 Å². The third kappa shape index (κ3) is 3.28. The standard InChI is InChI=1S/C16H14ClFN2/c1-2-16(11-3-5-13(17)6-4-11)20-14-7-8-15(18)12(9-14)10-19/h3-9,16,20H,2H2,1H3. The average Bonchev–Trinajstić information content (AvgIpc) is 2.47. The summed E-state index contributed by atoms with van der Waals surface area (Å²) in [5.41, 5.74) is 1.87. The van der Waals surface area contributed by atoms with Crippen LogP contribution in [0.2, 0.25) is 5.02 Å². The molecule has 0 aliphatic heterocycles. The molecule has 4 heteroatoms. The summed E-state index contributed by atoms with van der Waals surface area (Å²) in [5, 5.41) is 12.8. The minimum atomic E-state index is -0.502. The van der Waals surface area contributed by atoms with Gasteiger partial charge < -0.3 is 5.32 Å². The summed E-state index contributed by atoms with van der Waals surface area (Å²) in [7, 11) is 0. The van der Waals surface area contributed by atoms with Crippen LogP contribution in [-0.2, 0) is 0 Å². The SMILES string of the molecule is CCC(Nc1ccc(F)c(C#N)c1)c1ccc(Cl)cc1.